The summed E-state index contributed by atoms with van der Waals surface area (Å²) in [4.78, 5) is 23.7. The van der Waals surface area contributed by atoms with Crippen LogP contribution in [0.1, 0.15) is 15.9 Å². The van der Waals surface area contributed by atoms with Crippen LogP contribution < -0.4 is 5.32 Å². The zero-order valence-electron chi connectivity index (χ0n) is 13.4. The first-order valence-corrected chi connectivity index (χ1v) is 7.52. The van der Waals surface area contributed by atoms with E-state index in [1.807, 2.05) is 24.3 Å². The lowest BCUT2D eigenvalue weighted by atomic mass is 10.1. The van der Waals surface area contributed by atoms with E-state index in [2.05, 4.69) is 15.5 Å². The van der Waals surface area contributed by atoms with E-state index in [0.717, 1.165) is 0 Å². The maximum Gasteiger partial charge on any atom is 0.338 e. The molecule has 0 aliphatic heterocycles. The number of nitrogens with one attached hydrogen (secondary N) is 1. The quantitative estimate of drug-likeness (QED) is 0.703. The summed E-state index contributed by atoms with van der Waals surface area (Å²) < 4.78 is 10.2. The highest BCUT2D eigenvalue weighted by atomic mass is 16.5. The molecule has 1 amide bonds. The topological polar surface area (TPSA) is 118 Å². The second kappa shape index (κ2) is 7.72. The number of nitriles is 1. The molecule has 0 bridgehead atoms. The van der Waals surface area contributed by atoms with Gasteiger partial charge in [0.15, 0.2) is 6.61 Å². The number of aromatic nitrogens is 2. The number of amides is 1. The number of carbonyl (C=O) groups excluding carboxylic acids is 2. The van der Waals surface area contributed by atoms with E-state index in [9.17, 15) is 9.59 Å². The van der Waals surface area contributed by atoms with Crippen molar-refractivity contribution in [2.45, 2.75) is 0 Å². The fourth-order valence-electron chi connectivity index (χ4n) is 2.02. The van der Waals surface area contributed by atoms with Crippen LogP contribution in [0.2, 0.25) is 0 Å². The summed E-state index contributed by atoms with van der Waals surface area (Å²) in [5.74, 6) is -1.04. The van der Waals surface area contributed by atoms with E-state index in [-0.39, 0.29) is 17.5 Å². The third kappa shape index (κ3) is 4.10. The second-order valence-corrected chi connectivity index (χ2v) is 5.09. The lowest BCUT2D eigenvalue weighted by Gasteiger charge is -2.04. The number of hydrogen-bond donors (Lipinski definition) is 1. The highest BCUT2D eigenvalue weighted by Crippen LogP contribution is 2.18. The number of nitrogens with zero attached hydrogens (tertiary/aromatic N) is 3. The van der Waals surface area contributed by atoms with Gasteiger partial charge in [-0.3, -0.25) is 10.1 Å². The second-order valence-electron chi connectivity index (χ2n) is 5.09. The SMILES string of the molecule is N#Cc1ccc(C(=O)OCC(=O)Nc2nnc(-c3ccccc3)o2)cc1. The molecule has 0 aliphatic carbocycles. The summed E-state index contributed by atoms with van der Waals surface area (Å²) in [6, 6.07) is 16.8. The fraction of sp³-hybridized carbons (Fsp3) is 0.0556. The van der Waals surface area contributed by atoms with Gasteiger partial charge >= 0.3 is 12.0 Å². The maximum atomic E-state index is 11.9. The smallest absolute Gasteiger partial charge is 0.338 e. The summed E-state index contributed by atoms with van der Waals surface area (Å²) in [5.41, 5.74) is 1.37. The van der Waals surface area contributed by atoms with Crippen LogP contribution in [0.5, 0.6) is 0 Å². The first-order valence-electron chi connectivity index (χ1n) is 7.52. The minimum absolute atomic E-state index is 0.0942. The van der Waals surface area contributed by atoms with Gasteiger partial charge < -0.3 is 9.15 Å². The average Bonchev–Trinajstić information content (AvgIpc) is 3.15. The van der Waals surface area contributed by atoms with Crippen molar-refractivity contribution >= 4 is 17.9 Å². The predicted octanol–water partition coefficient (Wildman–Crippen LogP) is 2.40. The average molecular weight is 348 g/mol. The first-order chi connectivity index (χ1) is 12.7. The van der Waals surface area contributed by atoms with Crippen LogP contribution in [0.25, 0.3) is 11.5 Å². The van der Waals surface area contributed by atoms with Crippen LogP contribution in [0.15, 0.2) is 59.0 Å². The van der Waals surface area contributed by atoms with Gasteiger partial charge in [0.2, 0.25) is 5.89 Å². The number of hydrogen-bond acceptors (Lipinski definition) is 7. The Bertz CT molecular complexity index is 959. The minimum Gasteiger partial charge on any atom is -0.452 e. The van der Waals surface area contributed by atoms with Crippen molar-refractivity contribution < 1.29 is 18.7 Å². The molecule has 0 fully saturated rings. The van der Waals surface area contributed by atoms with Gasteiger partial charge in [0.1, 0.15) is 0 Å². The van der Waals surface area contributed by atoms with E-state index >= 15 is 0 Å². The number of rotatable bonds is 5. The van der Waals surface area contributed by atoms with Crippen LogP contribution in [0.3, 0.4) is 0 Å². The van der Waals surface area contributed by atoms with E-state index in [0.29, 0.717) is 11.1 Å². The van der Waals surface area contributed by atoms with E-state index < -0.39 is 18.5 Å². The van der Waals surface area contributed by atoms with E-state index in [1.54, 1.807) is 12.1 Å². The molecule has 0 atom stereocenters. The first kappa shape index (κ1) is 16.9. The molecule has 1 heterocycles. The van der Waals surface area contributed by atoms with Gasteiger partial charge in [-0.25, -0.2) is 4.79 Å². The van der Waals surface area contributed by atoms with Gasteiger partial charge in [-0.05, 0) is 36.4 Å². The molecule has 128 valence electrons. The minimum atomic E-state index is -0.680. The zero-order chi connectivity index (χ0) is 18.4. The van der Waals surface area contributed by atoms with Crippen LogP contribution in [-0.4, -0.2) is 28.7 Å². The van der Waals surface area contributed by atoms with E-state index in [4.69, 9.17) is 14.4 Å². The molecule has 0 radical (unpaired) electrons. The monoisotopic (exact) mass is 348 g/mol. The molecule has 3 rings (SSSR count). The zero-order valence-corrected chi connectivity index (χ0v) is 13.4. The van der Waals surface area contributed by atoms with Crippen molar-refractivity contribution in [1.82, 2.24) is 10.2 Å². The molecule has 26 heavy (non-hydrogen) atoms. The largest absolute Gasteiger partial charge is 0.452 e. The van der Waals surface area contributed by atoms with Gasteiger partial charge in [-0.2, -0.15) is 5.26 Å². The molecular formula is C18H12N4O4. The molecule has 0 saturated heterocycles. The highest BCUT2D eigenvalue weighted by Gasteiger charge is 2.14. The Hall–Kier alpha value is -3.99. The number of benzene rings is 2. The van der Waals surface area contributed by atoms with Gasteiger partial charge in [-0.1, -0.05) is 23.3 Å². The Morgan fingerprint density at radius 1 is 1.08 bits per heavy atom. The molecule has 3 aromatic rings. The molecule has 8 nitrogen and oxygen atoms in total. The Labute approximate surface area is 148 Å². The van der Waals surface area contributed by atoms with Gasteiger partial charge in [0, 0.05) is 5.56 Å². The standard InChI is InChI=1S/C18H12N4O4/c19-10-12-6-8-14(9-7-12)17(24)25-11-15(23)20-18-22-21-16(26-18)13-4-2-1-3-5-13/h1-9H,11H2,(H,20,22,23). The van der Waals surface area contributed by atoms with Gasteiger partial charge in [0.05, 0.1) is 17.2 Å². The lowest BCUT2D eigenvalue weighted by Crippen LogP contribution is -2.21. The van der Waals surface area contributed by atoms with Crippen molar-refractivity contribution in [3.05, 3.63) is 65.7 Å². The van der Waals surface area contributed by atoms with Gasteiger partial charge in [-0.15, -0.1) is 5.10 Å². The van der Waals surface area contributed by atoms with Crippen molar-refractivity contribution in [1.29, 1.82) is 5.26 Å². The van der Waals surface area contributed by atoms with Crippen molar-refractivity contribution in [3.63, 3.8) is 0 Å². The summed E-state index contributed by atoms with van der Waals surface area (Å²) in [6.45, 7) is -0.512. The molecule has 0 unspecified atom stereocenters. The number of esters is 1. The molecule has 8 heteroatoms. The predicted molar refractivity (Wildman–Crippen MR) is 89.8 cm³/mol. The Kier molecular flexibility index (Phi) is 5.00. The van der Waals surface area contributed by atoms with E-state index in [1.165, 1.54) is 24.3 Å². The maximum absolute atomic E-state index is 11.9. The molecular weight excluding hydrogens is 336 g/mol. The van der Waals surface area contributed by atoms with Crippen molar-refractivity contribution in [2.24, 2.45) is 0 Å². The molecule has 1 N–H and O–H groups in total. The van der Waals surface area contributed by atoms with Gasteiger partial charge in [0.25, 0.3) is 5.91 Å². The Morgan fingerprint density at radius 3 is 2.50 bits per heavy atom. The molecule has 0 saturated carbocycles. The molecule has 0 aliphatic rings. The normalized spacial score (nSPS) is 9.96. The third-order valence-corrected chi connectivity index (χ3v) is 3.28. The summed E-state index contributed by atoms with van der Waals surface area (Å²) >= 11 is 0. The van der Waals surface area contributed by atoms with Crippen LogP contribution in [0, 0.1) is 11.3 Å². The number of ether oxygens (including phenoxy) is 1. The van der Waals surface area contributed by atoms with Crippen LogP contribution >= 0.6 is 0 Å². The highest BCUT2D eigenvalue weighted by molar-refractivity contribution is 5.94. The number of carbonyl (C=O) groups is 2. The van der Waals surface area contributed by atoms with Crippen LogP contribution in [-0.2, 0) is 9.53 Å². The van der Waals surface area contributed by atoms with Crippen molar-refractivity contribution in [2.75, 3.05) is 11.9 Å². The number of anilines is 1. The fourth-order valence-corrected chi connectivity index (χ4v) is 2.02. The lowest BCUT2D eigenvalue weighted by molar-refractivity contribution is -0.119. The molecule has 0 spiro atoms. The molecule has 2 aromatic carbocycles. The summed E-state index contributed by atoms with van der Waals surface area (Å²) in [5, 5.41) is 18.6. The molecule has 1 aromatic heterocycles. The summed E-state index contributed by atoms with van der Waals surface area (Å²) in [6.07, 6.45) is 0. The third-order valence-electron chi connectivity index (χ3n) is 3.28. The van der Waals surface area contributed by atoms with Crippen LogP contribution in [0.4, 0.5) is 6.01 Å². The Morgan fingerprint density at radius 2 is 1.81 bits per heavy atom. The van der Waals surface area contributed by atoms with Crippen molar-refractivity contribution in [3.8, 4) is 17.5 Å². The summed E-state index contributed by atoms with van der Waals surface area (Å²) in [7, 11) is 0. The Balaban J connectivity index is 1.53.